The number of carbonyl (C=O) groups is 1. The van der Waals surface area contributed by atoms with Gasteiger partial charge < -0.3 is 15.0 Å². The van der Waals surface area contributed by atoms with Crippen LogP contribution in [0.25, 0.3) is 10.9 Å². The molecule has 1 atom stereocenters. The minimum absolute atomic E-state index is 0.0979. The van der Waals surface area contributed by atoms with E-state index in [0.717, 1.165) is 10.9 Å². The van der Waals surface area contributed by atoms with Crippen molar-refractivity contribution in [3.05, 3.63) is 77.6 Å². The van der Waals surface area contributed by atoms with E-state index < -0.39 is 22.0 Å². The van der Waals surface area contributed by atoms with Crippen LogP contribution in [0.1, 0.15) is 32.4 Å². The van der Waals surface area contributed by atoms with E-state index in [4.69, 9.17) is 17.0 Å². The molecule has 0 bridgehead atoms. The van der Waals surface area contributed by atoms with Crippen LogP contribution in [-0.2, 0) is 19.6 Å². The van der Waals surface area contributed by atoms with Crippen LogP contribution >= 0.6 is 12.2 Å². The molecule has 188 valence electrons. The predicted octanol–water partition coefficient (Wildman–Crippen LogP) is 4.37. The zero-order chi connectivity index (χ0) is 26.0. The molecule has 0 saturated carbocycles. The molecule has 0 fully saturated rings. The van der Waals surface area contributed by atoms with Crippen LogP contribution in [0.4, 0.5) is 5.69 Å². The fourth-order valence-corrected chi connectivity index (χ4v) is 5.41. The number of thiocarbonyl (C=S) groups is 1. The Morgan fingerprint density at radius 3 is 2.56 bits per heavy atom. The molecule has 1 aromatic heterocycles. The van der Waals surface area contributed by atoms with Crippen molar-refractivity contribution in [2.24, 2.45) is 5.92 Å². The Balaban J connectivity index is 1.61. The third-order valence-corrected chi connectivity index (χ3v) is 7.71. The van der Waals surface area contributed by atoms with Gasteiger partial charge in [-0.2, -0.15) is 0 Å². The van der Waals surface area contributed by atoms with E-state index in [1.165, 1.54) is 6.07 Å². The topological polar surface area (TPSA) is 101 Å². The third kappa shape index (κ3) is 5.19. The summed E-state index contributed by atoms with van der Waals surface area (Å²) in [6.07, 6.45) is 1.56. The molecule has 8 nitrogen and oxygen atoms in total. The van der Waals surface area contributed by atoms with Crippen molar-refractivity contribution >= 4 is 49.9 Å². The second-order valence-electron chi connectivity index (χ2n) is 8.99. The molecule has 0 spiro atoms. The van der Waals surface area contributed by atoms with Crippen LogP contribution in [0, 0.1) is 5.92 Å². The Morgan fingerprint density at radius 2 is 1.86 bits per heavy atom. The van der Waals surface area contributed by atoms with Gasteiger partial charge in [0.25, 0.3) is 10.0 Å². The number of esters is 1. The van der Waals surface area contributed by atoms with E-state index in [1.54, 1.807) is 54.5 Å². The molecule has 1 aliphatic rings. The van der Waals surface area contributed by atoms with E-state index >= 15 is 0 Å². The van der Waals surface area contributed by atoms with Crippen molar-refractivity contribution in [2.75, 3.05) is 18.4 Å². The zero-order valence-corrected chi connectivity index (χ0v) is 22.1. The van der Waals surface area contributed by atoms with Gasteiger partial charge in [-0.05, 0) is 54.9 Å². The quantitative estimate of drug-likeness (QED) is 0.347. The number of nitrogens with zero attached hydrogens (tertiary/aromatic N) is 2. The molecule has 2 aromatic carbocycles. The van der Waals surface area contributed by atoms with E-state index in [2.05, 4.69) is 15.0 Å². The van der Waals surface area contributed by atoms with E-state index in [0.29, 0.717) is 34.2 Å². The van der Waals surface area contributed by atoms with Crippen molar-refractivity contribution < 1.29 is 17.9 Å². The molecular weight excluding hydrogens is 496 g/mol. The lowest BCUT2D eigenvalue weighted by Crippen LogP contribution is -2.46. The number of hydrogen-bond donors (Lipinski definition) is 2. The Hall–Kier alpha value is -3.50. The first-order chi connectivity index (χ1) is 17.1. The van der Waals surface area contributed by atoms with E-state index in [9.17, 15) is 13.2 Å². The number of fused-ring (bicyclic) bond motifs is 1. The molecule has 1 aliphatic heterocycles. The summed E-state index contributed by atoms with van der Waals surface area (Å²) >= 11 is 5.45. The van der Waals surface area contributed by atoms with Gasteiger partial charge in [0.1, 0.15) is 4.90 Å². The van der Waals surface area contributed by atoms with Gasteiger partial charge in [-0.25, -0.2) is 13.2 Å². The van der Waals surface area contributed by atoms with Gasteiger partial charge >= 0.3 is 5.97 Å². The highest BCUT2D eigenvalue weighted by Crippen LogP contribution is 2.32. The van der Waals surface area contributed by atoms with Gasteiger partial charge in [0.05, 0.1) is 23.7 Å². The SMILES string of the molecule is CC1=C(C(=O)OCC(C)C)C(c2ccc(NS(=O)(=O)c3cccc4cccnc34)cc2)NC(=S)N1C. The first-order valence-electron chi connectivity index (χ1n) is 11.5. The van der Waals surface area contributed by atoms with Gasteiger partial charge in [-0.15, -0.1) is 0 Å². The highest BCUT2D eigenvalue weighted by molar-refractivity contribution is 7.93. The van der Waals surface area contributed by atoms with Crippen molar-refractivity contribution in [2.45, 2.75) is 31.7 Å². The monoisotopic (exact) mass is 524 g/mol. The Bertz CT molecular complexity index is 1450. The summed E-state index contributed by atoms with van der Waals surface area (Å²) in [6.45, 7) is 6.08. The average Bonchev–Trinajstić information content (AvgIpc) is 2.85. The van der Waals surface area contributed by atoms with Gasteiger partial charge in [-0.3, -0.25) is 9.71 Å². The lowest BCUT2D eigenvalue weighted by molar-refractivity contribution is -0.140. The van der Waals surface area contributed by atoms with Gasteiger partial charge in [0.15, 0.2) is 5.11 Å². The summed E-state index contributed by atoms with van der Waals surface area (Å²) in [7, 11) is -2.09. The summed E-state index contributed by atoms with van der Waals surface area (Å²) in [6, 6.07) is 14.9. The second kappa shape index (κ2) is 10.2. The largest absolute Gasteiger partial charge is 0.462 e. The first kappa shape index (κ1) is 25.6. The second-order valence-corrected chi connectivity index (χ2v) is 11.0. The molecule has 0 radical (unpaired) electrons. The maximum atomic E-state index is 13.1. The summed E-state index contributed by atoms with van der Waals surface area (Å²) in [5.74, 6) is -0.214. The van der Waals surface area contributed by atoms with Gasteiger partial charge in [-0.1, -0.05) is 44.2 Å². The fraction of sp³-hybridized carbons (Fsp3) is 0.269. The first-order valence-corrected chi connectivity index (χ1v) is 13.4. The van der Waals surface area contributed by atoms with Crippen LogP contribution in [0.3, 0.4) is 0 Å². The Labute approximate surface area is 216 Å². The summed E-state index contributed by atoms with van der Waals surface area (Å²) in [5, 5.41) is 4.41. The van der Waals surface area contributed by atoms with Crippen molar-refractivity contribution in [3.8, 4) is 0 Å². The molecule has 10 heteroatoms. The lowest BCUT2D eigenvalue weighted by atomic mass is 9.95. The third-order valence-electron chi connectivity index (χ3n) is 5.90. The average molecular weight is 525 g/mol. The highest BCUT2D eigenvalue weighted by Gasteiger charge is 2.33. The molecule has 2 heterocycles. The van der Waals surface area contributed by atoms with Crippen LogP contribution in [0.5, 0.6) is 0 Å². The molecule has 0 amide bonds. The maximum Gasteiger partial charge on any atom is 0.338 e. The molecule has 3 aromatic rings. The number of sulfonamides is 1. The van der Waals surface area contributed by atoms with Gasteiger partial charge in [0, 0.05) is 30.0 Å². The summed E-state index contributed by atoms with van der Waals surface area (Å²) in [4.78, 5) is 19.1. The lowest BCUT2D eigenvalue weighted by Gasteiger charge is -2.35. The Morgan fingerprint density at radius 1 is 1.17 bits per heavy atom. The smallest absolute Gasteiger partial charge is 0.338 e. The molecular formula is C26H28N4O4S2. The van der Waals surface area contributed by atoms with Crippen LogP contribution < -0.4 is 10.0 Å². The number of ether oxygens (including phenoxy) is 1. The molecule has 0 saturated heterocycles. The number of pyridine rings is 1. The van der Waals surface area contributed by atoms with Crippen molar-refractivity contribution in [1.29, 1.82) is 0 Å². The zero-order valence-electron chi connectivity index (χ0n) is 20.5. The number of allylic oxidation sites excluding steroid dienone is 1. The number of nitrogens with one attached hydrogen (secondary N) is 2. The summed E-state index contributed by atoms with van der Waals surface area (Å²) < 4.78 is 34.4. The van der Waals surface area contributed by atoms with E-state index in [-0.39, 0.29) is 10.8 Å². The normalized spacial score (nSPS) is 16.3. The van der Waals surface area contributed by atoms with Crippen LogP contribution in [-0.4, -0.2) is 43.0 Å². The molecule has 0 aliphatic carbocycles. The molecule has 4 rings (SSSR count). The standard InChI is InChI=1S/C26H28N4O4S2/c1-16(2)15-34-25(31)22-17(3)30(4)26(35)28-24(22)19-10-12-20(13-11-19)29-36(32,33)21-9-5-7-18-8-6-14-27-23(18)21/h5-14,16,24,29H,15H2,1-4H3,(H,28,35). The maximum absolute atomic E-state index is 13.1. The minimum Gasteiger partial charge on any atom is -0.462 e. The van der Waals surface area contributed by atoms with Gasteiger partial charge in [0.2, 0.25) is 0 Å². The molecule has 36 heavy (non-hydrogen) atoms. The number of para-hydroxylation sites is 1. The fourth-order valence-electron chi connectivity index (χ4n) is 3.92. The molecule has 1 unspecified atom stereocenters. The van der Waals surface area contributed by atoms with Crippen molar-refractivity contribution in [3.63, 3.8) is 0 Å². The Kier molecular flexibility index (Phi) is 7.28. The number of benzene rings is 2. The predicted molar refractivity (Wildman–Crippen MR) is 144 cm³/mol. The number of carbonyl (C=O) groups excluding carboxylic acids is 1. The highest BCUT2D eigenvalue weighted by atomic mass is 32.2. The number of aromatic nitrogens is 1. The van der Waals surface area contributed by atoms with Crippen LogP contribution in [0.2, 0.25) is 0 Å². The minimum atomic E-state index is -3.88. The number of anilines is 1. The number of hydrogen-bond acceptors (Lipinski definition) is 6. The number of rotatable bonds is 7. The van der Waals surface area contributed by atoms with Crippen molar-refractivity contribution in [1.82, 2.24) is 15.2 Å². The van der Waals surface area contributed by atoms with E-state index in [1.807, 2.05) is 32.9 Å². The summed E-state index contributed by atoms with van der Waals surface area (Å²) in [5.41, 5.74) is 2.69. The molecule has 2 N–H and O–H groups in total. The van der Waals surface area contributed by atoms with Crippen LogP contribution in [0.15, 0.2) is 77.0 Å².